The molecule has 0 bridgehead atoms. The van der Waals surface area contributed by atoms with E-state index in [1.54, 1.807) is 0 Å². The standard InChI is InChI=1S/C22H22N2O3/c1-14-7-5-8-15(2)20(14)24-22(27)21(26)23-13-19(25)18-12-6-10-16-9-3-4-11-17(16)18/h3-12,19,25H,13H2,1-2H3,(H,23,26)(H,24,27). The van der Waals surface area contributed by atoms with E-state index in [0.717, 1.165) is 21.9 Å². The van der Waals surface area contributed by atoms with Crippen molar-refractivity contribution < 1.29 is 14.7 Å². The molecule has 0 radical (unpaired) electrons. The molecular formula is C22H22N2O3. The van der Waals surface area contributed by atoms with Crippen LogP contribution in [0, 0.1) is 13.8 Å². The molecule has 1 atom stereocenters. The minimum atomic E-state index is -0.909. The molecule has 0 fully saturated rings. The highest BCUT2D eigenvalue weighted by molar-refractivity contribution is 6.39. The van der Waals surface area contributed by atoms with Gasteiger partial charge in [-0.3, -0.25) is 9.59 Å². The number of rotatable bonds is 4. The van der Waals surface area contributed by atoms with Crippen molar-refractivity contribution in [3.05, 3.63) is 77.4 Å². The second-order valence-corrected chi connectivity index (χ2v) is 6.52. The third-order valence-corrected chi connectivity index (χ3v) is 4.56. The van der Waals surface area contributed by atoms with Crippen LogP contribution < -0.4 is 10.6 Å². The van der Waals surface area contributed by atoms with Crippen LogP contribution >= 0.6 is 0 Å². The average Bonchev–Trinajstić information content (AvgIpc) is 2.68. The van der Waals surface area contributed by atoms with Gasteiger partial charge in [-0.15, -0.1) is 0 Å². The summed E-state index contributed by atoms with van der Waals surface area (Å²) < 4.78 is 0. The molecular weight excluding hydrogens is 340 g/mol. The summed E-state index contributed by atoms with van der Waals surface area (Å²) in [5, 5.41) is 17.5. The van der Waals surface area contributed by atoms with Crippen LogP contribution in [0.5, 0.6) is 0 Å². The molecule has 3 aromatic carbocycles. The van der Waals surface area contributed by atoms with Gasteiger partial charge >= 0.3 is 11.8 Å². The van der Waals surface area contributed by atoms with Crippen LogP contribution in [0.3, 0.4) is 0 Å². The van der Waals surface area contributed by atoms with Gasteiger partial charge in [0.05, 0.1) is 6.10 Å². The molecule has 5 nitrogen and oxygen atoms in total. The Bertz CT molecular complexity index is 972. The van der Waals surface area contributed by atoms with Crippen molar-refractivity contribution in [3.63, 3.8) is 0 Å². The molecule has 0 spiro atoms. The fourth-order valence-corrected chi connectivity index (χ4v) is 3.10. The lowest BCUT2D eigenvalue weighted by atomic mass is 10.0. The molecule has 0 heterocycles. The molecule has 3 N–H and O–H groups in total. The number of aliphatic hydroxyl groups is 1. The second kappa shape index (κ2) is 8.01. The van der Waals surface area contributed by atoms with E-state index in [1.165, 1.54) is 0 Å². The number of para-hydroxylation sites is 1. The van der Waals surface area contributed by atoms with Crippen LogP contribution in [0.15, 0.2) is 60.7 Å². The van der Waals surface area contributed by atoms with Gasteiger partial charge in [0, 0.05) is 12.2 Å². The number of aliphatic hydroxyl groups excluding tert-OH is 1. The summed E-state index contributed by atoms with van der Waals surface area (Å²) in [4.78, 5) is 24.3. The normalized spacial score (nSPS) is 11.8. The summed E-state index contributed by atoms with van der Waals surface area (Å²) in [6.07, 6.45) is -0.909. The summed E-state index contributed by atoms with van der Waals surface area (Å²) in [7, 11) is 0. The van der Waals surface area contributed by atoms with E-state index >= 15 is 0 Å². The van der Waals surface area contributed by atoms with Gasteiger partial charge in [0.15, 0.2) is 0 Å². The Hall–Kier alpha value is -3.18. The lowest BCUT2D eigenvalue weighted by Gasteiger charge is -2.15. The number of fused-ring (bicyclic) bond motifs is 1. The summed E-state index contributed by atoms with van der Waals surface area (Å²) in [6, 6.07) is 19.0. The number of hydrogen-bond donors (Lipinski definition) is 3. The fourth-order valence-electron chi connectivity index (χ4n) is 3.10. The predicted octanol–water partition coefficient (Wildman–Crippen LogP) is 3.24. The predicted molar refractivity (Wildman–Crippen MR) is 106 cm³/mol. The third-order valence-electron chi connectivity index (χ3n) is 4.56. The van der Waals surface area contributed by atoms with Gasteiger partial charge in [0.2, 0.25) is 0 Å². The van der Waals surface area contributed by atoms with Crippen molar-refractivity contribution in [1.82, 2.24) is 5.32 Å². The lowest BCUT2D eigenvalue weighted by Crippen LogP contribution is -2.37. The first-order valence-electron chi connectivity index (χ1n) is 8.78. The Morgan fingerprint density at radius 2 is 1.52 bits per heavy atom. The van der Waals surface area contributed by atoms with Crippen molar-refractivity contribution in [3.8, 4) is 0 Å². The van der Waals surface area contributed by atoms with E-state index < -0.39 is 17.9 Å². The highest BCUT2D eigenvalue weighted by atomic mass is 16.3. The Labute approximate surface area is 158 Å². The van der Waals surface area contributed by atoms with Gasteiger partial charge in [-0.2, -0.15) is 0 Å². The highest BCUT2D eigenvalue weighted by Crippen LogP contribution is 2.24. The number of benzene rings is 3. The molecule has 5 heteroatoms. The molecule has 0 saturated carbocycles. The zero-order chi connectivity index (χ0) is 19.4. The third kappa shape index (κ3) is 4.15. The van der Waals surface area contributed by atoms with E-state index in [-0.39, 0.29) is 6.54 Å². The first-order valence-corrected chi connectivity index (χ1v) is 8.78. The SMILES string of the molecule is Cc1cccc(C)c1NC(=O)C(=O)NCC(O)c1cccc2ccccc12. The largest absolute Gasteiger partial charge is 0.387 e. The van der Waals surface area contributed by atoms with Crippen molar-refractivity contribution in [2.24, 2.45) is 0 Å². The van der Waals surface area contributed by atoms with Crippen LogP contribution in [-0.4, -0.2) is 23.5 Å². The Morgan fingerprint density at radius 3 is 2.26 bits per heavy atom. The molecule has 27 heavy (non-hydrogen) atoms. The van der Waals surface area contributed by atoms with Gasteiger partial charge in [-0.25, -0.2) is 0 Å². The molecule has 0 aliphatic heterocycles. The minimum absolute atomic E-state index is 0.0486. The first-order chi connectivity index (χ1) is 13.0. The zero-order valence-electron chi connectivity index (χ0n) is 15.3. The van der Waals surface area contributed by atoms with Gasteiger partial charge in [0.1, 0.15) is 0 Å². The minimum Gasteiger partial charge on any atom is -0.387 e. The molecule has 0 aromatic heterocycles. The smallest absolute Gasteiger partial charge is 0.313 e. The van der Waals surface area contributed by atoms with Crippen LogP contribution in [0.4, 0.5) is 5.69 Å². The van der Waals surface area contributed by atoms with Crippen molar-refractivity contribution >= 4 is 28.3 Å². The molecule has 3 rings (SSSR count). The maximum atomic E-state index is 12.2. The maximum Gasteiger partial charge on any atom is 0.313 e. The first kappa shape index (κ1) is 18.6. The summed E-state index contributed by atoms with van der Waals surface area (Å²) in [5.41, 5.74) is 3.11. The van der Waals surface area contributed by atoms with Crippen molar-refractivity contribution in [2.75, 3.05) is 11.9 Å². The Morgan fingerprint density at radius 1 is 0.889 bits per heavy atom. The van der Waals surface area contributed by atoms with E-state index in [0.29, 0.717) is 11.3 Å². The van der Waals surface area contributed by atoms with Crippen LogP contribution in [0.25, 0.3) is 10.8 Å². The molecule has 138 valence electrons. The van der Waals surface area contributed by atoms with Crippen molar-refractivity contribution in [2.45, 2.75) is 20.0 Å². The number of hydrogen-bond acceptors (Lipinski definition) is 3. The zero-order valence-corrected chi connectivity index (χ0v) is 15.3. The number of anilines is 1. The number of amides is 2. The summed E-state index contributed by atoms with van der Waals surface area (Å²) >= 11 is 0. The Balaban J connectivity index is 1.65. The highest BCUT2D eigenvalue weighted by Gasteiger charge is 2.18. The average molecular weight is 362 g/mol. The second-order valence-electron chi connectivity index (χ2n) is 6.52. The van der Waals surface area contributed by atoms with Crippen LogP contribution in [0.2, 0.25) is 0 Å². The van der Waals surface area contributed by atoms with Crippen molar-refractivity contribution in [1.29, 1.82) is 0 Å². The summed E-state index contributed by atoms with van der Waals surface area (Å²) in [6.45, 7) is 3.68. The van der Waals surface area contributed by atoms with E-state index in [1.807, 2.05) is 74.5 Å². The molecule has 3 aromatic rings. The number of nitrogens with one attached hydrogen (secondary N) is 2. The van der Waals surface area contributed by atoms with E-state index in [9.17, 15) is 14.7 Å². The maximum absolute atomic E-state index is 12.2. The monoisotopic (exact) mass is 362 g/mol. The Kier molecular flexibility index (Phi) is 5.52. The summed E-state index contributed by atoms with van der Waals surface area (Å²) in [5.74, 6) is -1.53. The number of carbonyl (C=O) groups excluding carboxylic acids is 2. The van der Waals surface area contributed by atoms with Gasteiger partial charge in [0.25, 0.3) is 0 Å². The molecule has 0 aliphatic rings. The van der Waals surface area contributed by atoms with Gasteiger partial charge in [-0.1, -0.05) is 60.7 Å². The van der Waals surface area contributed by atoms with Crippen LogP contribution in [-0.2, 0) is 9.59 Å². The van der Waals surface area contributed by atoms with Crippen LogP contribution in [0.1, 0.15) is 22.8 Å². The van der Waals surface area contributed by atoms with Gasteiger partial charge < -0.3 is 15.7 Å². The van der Waals surface area contributed by atoms with E-state index in [4.69, 9.17) is 0 Å². The molecule has 1 unspecified atom stereocenters. The van der Waals surface area contributed by atoms with Gasteiger partial charge in [-0.05, 0) is 41.3 Å². The lowest BCUT2D eigenvalue weighted by molar-refractivity contribution is -0.136. The number of carbonyl (C=O) groups is 2. The molecule has 0 saturated heterocycles. The quantitative estimate of drug-likeness (QED) is 0.624. The molecule has 2 amide bonds. The molecule has 0 aliphatic carbocycles. The fraction of sp³-hybridized carbons (Fsp3) is 0.182. The van der Waals surface area contributed by atoms with E-state index in [2.05, 4.69) is 10.6 Å². The topological polar surface area (TPSA) is 78.4 Å². The number of aryl methyl sites for hydroxylation is 2.